The molecule has 3 rings (SSSR count). The van der Waals surface area contributed by atoms with E-state index in [1.165, 1.54) is 5.56 Å². The van der Waals surface area contributed by atoms with Crippen LogP contribution in [0.4, 0.5) is 0 Å². The summed E-state index contributed by atoms with van der Waals surface area (Å²) >= 11 is 0. The van der Waals surface area contributed by atoms with Gasteiger partial charge >= 0.3 is 0 Å². The molecule has 0 saturated carbocycles. The number of benzene rings is 1. The normalized spacial score (nSPS) is 25.5. The van der Waals surface area contributed by atoms with Crippen LogP contribution in [0.1, 0.15) is 24.8 Å². The van der Waals surface area contributed by atoms with E-state index < -0.39 is 0 Å². The Morgan fingerprint density at radius 2 is 2.00 bits per heavy atom. The highest BCUT2D eigenvalue weighted by atomic mass is 16.5. The molecule has 2 aliphatic rings. The topological polar surface area (TPSA) is 44.5 Å². The molecule has 2 aliphatic heterocycles. The van der Waals surface area contributed by atoms with Crippen molar-refractivity contribution in [2.75, 3.05) is 13.2 Å². The minimum atomic E-state index is 0.139. The molecular weight excluding hydrogens is 226 g/mol. The quantitative estimate of drug-likeness (QED) is 0.890. The average Bonchev–Trinajstić information content (AvgIpc) is 2.84. The van der Waals surface area contributed by atoms with E-state index in [9.17, 15) is 0 Å². The smallest absolute Gasteiger partial charge is 0.123 e. The molecule has 0 aliphatic carbocycles. The first-order chi connectivity index (χ1) is 8.83. The van der Waals surface area contributed by atoms with Gasteiger partial charge in [0.2, 0.25) is 0 Å². The maximum absolute atomic E-state index is 6.32. The Bertz CT molecular complexity index is 376. The Morgan fingerprint density at radius 1 is 1.22 bits per heavy atom. The van der Waals surface area contributed by atoms with Gasteiger partial charge in [-0.05, 0) is 36.8 Å². The van der Waals surface area contributed by atoms with E-state index in [1.807, 2.05) is 12.1 Å². The van der Waals surface area contributed by atoms with Gasteiger partial charge in [0, 0.05) is 25.7 Å². The summed E-state index contributed by atoms with van der Waals surface area (Å²) in [6.07, 6.45) is 4.47. The second kappa shape index (κ2) is 5.29. The summed E-state index contributed by atoms with van der Waals surface area (Å²) in [7, 11) is 0. The molecule has 3 nitrogen and oxygen atoms in total. The molecule has 2 unspecified atom stereocenters. The largest absolute Gasteiger partial charge is 0.488 e. The molecule has 0 amide bonds. The summed E-state index contributed by atoms with van der Waals surface area (Å²) < 4.78 is 11.3. The van der Waals surface area contributed by atoms with Gasteiger partial charge in [-0.3, -0.25) is 0 Å². The Balaban J connectivity index is 1.56. The van der Waals surface area contributed by atoms with Gasteiger partial charge in [0.05, 0.1) is 0 Å². The number of para-hydroxylation sites is 1. The fourth-order valence-electron chi connectivity index (χ4n) is 2.97. The van der Waals surface area contributed by atoms with Gasteiger partial charge in [-0.2, -0.15) is 0 Å². The predicted octanol–water partition coefficient (Wildman–Crippen LogP) is 2.13. The van der Waals surface area contributed by atoms with E-state index in [1.54, 1.807) is 0 Å². The molecule has 0 spiro atoms. The van der Waals surface area contributed by atoms with E-state index in [-0.39, 0.29) is 12.1 Å². The number of rotatable bonds is 3. The lowest BCUT2D eigenvalue weighted by molar-refractivity contribution is 0.0563. The van der Waals surface area contributed by atoms with Crippen LogP contribution in [0.2, 0.25) is 0 Å². The summed E-state index contributed by atoms with van der Waals surface area (Å²) in [5.74, 6) is 1.73. The first-order valence-electron chi connectivity index (χ1n) is 6.91. The molecule has 3 heteroatoms. The maximum atomic E-state index is 6.32. The van der Waals surface area contributed by atoms with Crippen molar-refractivity contribution in [2.45, 2.75) is 37.8 Å². The van der Waals surface area contributed by atoms with E-state index in [4.69, 9.17) is 15.2 Å². The highest BCUT2D eigenvalue weighted by Gasteiger charge is 2.29. The minimum Gasteiger partial charge on any atom is -0.488 e. The van der Waals surface area contributed by atoms with E-state index >= 15 is 0 Å². The van der Waals surface area contributed by atoms with Crippen molar-refractivity contribution >= 4 is 0 Å². The van der Waals surface area contributed by atoms with E-state index in [0.717, 1.165) is 44.6 Å². The molecule has 2 atom stereocenters. The SMILES string of the molecule is NC(CC1CCOCC1)C1Cc2ccccc2O1. The number of hydrogen-bond acceptors (Lipinski definition) is 3. The van der Waals surface area contributed by atoms with Crippen molar-refractivity contribution < 1.29 is 9.47 Å². The number of ether oxygens (including phenoxy) is 2. The van der Waals surface area contributed by atoms with Crippen molar-refractivity contribution in [3.8, 4) is 5.75 Å². The van der Waals surface area contributed by atoms with Crippen LogP contribution < -0.4 is 10.5 Å². The molecule has 0 radical (unpaired) electrons. The summed E-state index contributed by atoms with van der Waals surface area (Å²) in [6.45, 7) is 1.78. The lowest BCUT2D eigenvalue weighted by Gasteiger charge is -2.27. The van der Waals surface area contributed by atoms with Gasteiger partial charge in [0.25, 0.3) is 0 Å². The number of fused-ring (bicyclic) bond motifs is 1. The van der Waals surface area contributed by atoms with Crippen LogP contribution in [0.15, 0.2) is 24.3 Å². The van der Waals surface area contributed by atoms with Crippen LogP contribution in [0.5, 0.6) is 5.75 Å². The lowest BCUT2D eigenvalue weighted by Crippen LogP contribution is -2.40. The van der Waals surface area contributed by atoms with E-state index in [2.05, 4.69) is 12.1 Å². The zero-order valence-electron chi connectivity index (χ0n) is 10.7. The fraction of sp³-hybridized carbons (Fsp3) is 0.600. The second-order valence-electron chi connectivity index (χ2n) is 5.42. The van der Waals surface area contributed by atoms with Gasteiger partial charge in [0.1, 0.15) is 11.9 Å². The van der Waals surface area contributed by atoms with Gasteiger partial charge < -0.3 is 15.2 Å². The average molecular weight is 247 g/mol. The molecule has 1 aromatic rings. The van der Waals surface area contributed by atoms with Crippen molar-refractivity contribution in [1.29, 1.82) is 0 Å². The standard InChI is InChI=1S/C15H21NO2/c16-13(9-11-5-7-17-8-6-11)15-10-12-3-1-2-4-14(12)18-15/h1-4,11,13,15H,5-10,16H2. The van der Waals surface area contributed by atoms with Crippen molar-refractivity contribution in [2.24, 2.45) is 11.7 Å². The summed E-state index contributed by atoms with van der Waals surface area (Å²) in [6, 6.07) is 8.40. The van der Waals surface area contributed by atoms with Crippen LogP contribution in [-0.4, -0.2) is 25.4 Å². The molecule has 2 heterocycles. The third-order valence-electron chi connectivity index (χ3n) is 4.10. The summed E-state index contributed by atoms with van der Waals surface area (Å²) in [5, 5.41) is 0. The van der Waals surface area contributed by atoms with Crippen molar-refractivity contribution in [1.82, 2.24) is 0 Å². The van der Waals surface area contributed by atoms with Crippen LogP contribution in [0.3, 0.4) is 0 Å². The van der Waals surface area contributed by atoms with Crippen LogP contribution >= 0.6 is 0 Å². The van der Waals surface area contributed by atoms with Gasteiger partial charge in [-0.25, -0.2) is 0 Å². The van der Waals surface area contributed by atoms with Gasteiger partial charge in [-0.15, -0.1) is 0 Å². The fourth-order valence-corrected chi connectivity index (χ4v) is 2.97. The molecule has 1 saturated heterocycles. The second-order valence-corrected chi connectivity index (χ2v) is 5.42. The zero-order chi connectivity index (χ0) is 12.4. The molecule has 2 N–H and O–H groups in total. The molecule has 0 aromatic heterocycles. The third kappa shape index (κ3) is 2.52. The third-order valence-corrected chi connectivity index (χ3v) is 4.10. The van der Waals surface area contributed by atoms with Crippen molar-refractivity contribution in [3.63, 3.8) is 0 Å². The highest BCUT2D eigenvalue weighted by Crippen LogP contribution is 2.31. The van der Waals surface area contributed by atoms with Crippen LogP contribution in [0, 0.1) is 5.92 Å². The summed E-state index contributed by atoms with van der Waals surface area (Å²) in [4.78, 5) is 0. The van der Waals surface area contributed by atoms with E-state index in [0.29, 0.717) is 5.92 Å². The molecule has 1 fully saturated rings. The Morgan fingerprint density at radius 3 is 2.78 bits per heavy atom. The number of nitrogens with two attached hydrogens (primary N) is 1. The molecule has 18 heavy (non-hydrogen) atoms. The first kappa shape index (κ1) is 12.0. The Kier molecular flexibility index (Phi) is 3.52. The minimum absolute atomic E-state index is 0.139. The molecule has 1 aromatic carbocycles. The van der Waals surface area contributed by atoms with Crippen LogP contribution in [0.25, 0.3) is 0 Å². The highest BCUT2D eigenvalue weighted by molar-refractivity contribution is 5.37. The monoisotopic (exact) mass is 247 g/mol. The lowest BCUT2D eigenvalue weighted by atomic mass is 9.90. The van der Waals surface area contributed by atoms with Gasteiger partial charge in [0.15, 0.2) is 0 Å². The molecule has 98 valence electrons. The predicted molar refractivity (Wildman–Crippen MR) is 70.7 cm³/mol. The molecule has 0 bridgehead atoms. The summed E-state index contributed by atoms with van der Waals surface area (Å²) in [5.41, 5.74) is 7.62. The number of hydrogen-bond donors (Lipinski definition) is 1. The zero-order valence-corrected chi connectivity index (χ0v) is 10.7. The maximum Gasteiger partial charge on any atom is 0.123 e. The van der Waals surface area contributed by atoms with Crippen LogP contribution in [-0.2, 0) is 11.2 Å². The molecular formula is C15H21NO2. The van der Waals surface area contributed by atoms with Gasteiger partial charge in [-0.1, -0.05) is 18.2 Å². The Labute approximate surface area is 108 Å². The van der Waals surface area contributed by atoms with Crippen molar-refractivity contribution in [3.05, 3.63) is 29.8 Å². The first-order valence-corrected chi connectivity index (χ1v) is 6.91. The Hall–Kier alpha value is -1.06.